The highest BCUT2D eigenvalue weighted by molar-refractivity contribution is 4.95. The molecule has 2 aliphatic heterocycles. The van der Waals surface area contributed by atoms with Crippen molar-refractivity contribution >= 4 is 0 Å². The topological polar surface area (TPSA) is 18.5 Å². The fourth-order valence-corrected chi connectivity index (χ4v) is 4.10. The van der Waals surface area contributed by atoms with Crippen LogP contribution < -0.4 is 5.32 Å². The molecule has 0 spiro atoms. The first-order valence-electron chi connectivity index (χ1n) is 8.49. The van der Waals surface area contributed by atoms with E-state index >= 15 is 0 Å². The van der Waals surface area contributed by atoms with Crippen LogP contribution in [0.3, 0.4) is 0 Å². The molecule has 0 aliphatic carbocycles. The molecule has 19 heavy (non-hydrogen) atoms. The van der Waals surface area contributed by atoms with E-state index < -0.39 is 0 Å². The minimum absolute atomic E-state index is 0.782. The van der Waals surface area contributed by atoms with Crippen molar-refractivity contribution in [2.75, 3.05) is 32.7 Å². The molecule has 2 bridgehead atoms. The summed E-state index contributed by atoms with van der Waals surface area (Å²) in [7, 11) is 0. The molecule has 0 aromatic rings. The standard InChI is InChI=1S/C16H33N3/c1-4-17-14-12-15-8-7-9-16(13-14)19(15)11-10-18(5-2)6-3/h14-17H,4-13H2,1-3H3. The molecule has 0 aromatic heterocycles. The van der Waals surface area contributed by atoms with Gasteiger partial charge in [0.15, 0.2) is 0 Å². The maximum Gasteiger partial charge on any atom is 0.0115 e. The Morgan fingerprint density at radius 2 is 1.68 bits per heavy atom. The van der Waals surface area contributed by atoms with Crippen LogP contribution in [0, 0.1) is 0 Å². The Labute approximate surface area is 119 Å². The second kappa shape index (κ2) is 7.61. The predicted molar refractivity (Wildman–Crippen MR) is 82.6 cm³/mol. The van der Waals surface area contributed by atoms with E-state index in [9.17, 15) is 0 Å². The van der Waals surface area contributed by atoms with Gasteiger partial charge in [0, 0.05) is 31.2 Å². The van der Waals surface area contributed by atoms with E-state index in [-0.39, 0.29) is 0 Å². The summed E-state index contributed by atoms with van der Waals surface area (Å²) in [6.45, 7) is 12.9. The van der Waals surface area contributed by atoms with Crippen molar-refractivity contribution in [3.05, 3.63) is 0 Å². The smallest absolute Gasteiger partial charge is 0.0115 e. The summed E-state index contributed by atoms with van der Waals surface area (Å²) in [4.78, 5) is 5.40. The van der Waals surface area contributed by atoms with Crippen LogP contribution in [0.4, 0.5) is 0 Å². The van der Waals surface area contributed by atoms with E-state index in [1.165, 1.54) is 58.3 Å². The first-order valence-corrected chi connectivity index (χ1v) is 8.49. The van der Waals surface area contributed by atoms with Gasteiger partial charge in [-0.25, -0.2) is 0 Å². The van der Waals surface area contributed by atoms with Crippen molar-refractivity contribution < 1.29 is 0 Å². The van der Waals surface area contributed by atoms with Gasteiger partial charge in [0.25, 0.3) is 0 Å². The SMILES string of the molecule is CCNC1CC2CCCC(C1)N2CCN(CC)CC. The predicted octanol–water partition coefficient (Wildman–Crippen LogP) is 2.32. The van der Waals surface area contributed by atoms with Gasteiger partial charge >= 0.3 is 0 Å². The third-order valence-corrected chi connectivity index (χ3v) is 5.19. The van der Waals surface area contributed by atoms with E-state index in [0.717, 1.165) is 24.7 Å². The number of piperidine rings is 2. The summed E-state index contributed by atoms with van der Waals surface area (Å²) in [6, 6.07) is 2.49. The van der Waals surface area contributed by atoms with Crippen molar-refractivity contribution in [1.29, 1.82) is 0 Å². The number of nitrogens with zero attached hydrogens (tertiary/aromatic N) is 2. The molecule has 2 fully saturated rings. The van der Waals surface area contributed by atoms with Crippen LogP contribution in [0.25, 0.3) is 0 Å². The molecule has 0 saturated carbocycles. The monoisotopic (exact) mass is 267 g/mol. The van der Waals surface area contributed by atoms with Crippen LogP contribution in [0.2, 0.25) is 0 Å². The van der Waals surface area contributed by atoms with Crippen molar-refractivity contribution in [2.45, 2.75) is 71.0 Å². The average Bonchev–Trinajstić information content (AvgIpc) is 2.40. The highest BCUT2D eigenvalue weighted by Gasteiger charge is 2.37. The highest BCUT2D eigenvalue weighted by atomic mass is 15.2. The molecule has 2 aliphatic rings. The molecule has 112 valence electrons. The highest BCUT2D eigenvalue weighted by Crippen LogP contribution is 2.33. The van der Waals surface area contributed by atoms with Crippen molar-refractivity contribution in [2.24, 2.45) is 0 Å². The van der Waals surface area contributed by atoms with Crippen molar-refractivity contribution in [1.82, 2.24) is 15.1 Å². The Hall–Kier alpha value is -0.120. The molecule has 0 radical (unpaired) electrons. The number of hydrogen-bond donors (Lipinski definition) is 1. The molecule has 0 aromatic carbocycles. The molecule has 1 N–H and O–H groups in total. The third-order valence-electron chi connectivity index (χ3n) is 5.19. The van der Waals surface area contributed by atoms with E-state index in [1.807, 2.05) is 0 Å². The van der Waals surface area contributed by atoms with Gasteiger partial charge in [0.2, 0.25) is 0 Å². The van der Waals surface area contributed by atoms with Gasteiger partial charge in [0.05, 0.1) is 0 Å². The summed E-state index contributed by atoms with van der Waals surface area (Å²) < 4.78 is 0. The third kappa shape index (κ3) is 3.93. The van der Waals surface area contributed by atoms with Crippen molar-refractivity contribution in [3.63, 3.8) is 0 Å². The molecule has 0 amide bonds. The Morgan fingerprint density at radius 3 is 2.21 bits per heavy atom. The molecule has 2 atom stereocenters. The second-order valence-electron chi connectivity index (χ2n) is 6.23. The summed E-state index contributed by atoms with van der Waals surface area (Å²) in [5.74, 6) is 0. The summed E-state index contributed by atoms with van der Waals surface area (Å²) in [6.07, 6.45) is 7.06. The number of nitrogens with one attached hydrogen (secondary N) is 1. The van der Waals surface area contributed by atoms with Gasteiger partial charge in [-0.05, 0) is 45.3 Å². The molecule has 2 heterocycles. The molecular weight excluding hydrogens is 234 g/mol. The van der Waals surface area contributed by atoms with Crippen LogP contribution in [0.5, 0.6) is 0 Å². The second-order valence-corrected chi connectivity index (χ2v) is 6.23. The summed E-state index contributed by atoms with van der Waals surface area (Å²) >= 11 is 0. The van der Waals surface area contributed by atoms with Gasteiger partial charge in [-0.3, -0.25) is 4.90 Å². The number of rotatable bonds is 7. The largest absolute Gasteiger partial charge is 0.314 e. The van der Waals surface area contributed by atoms with Crippen molar-refractivity contribution in [3.8, 4) is 0 Å². The van der Waals surface area contributed by atoms with Crippen LogP contribution in [0.1, 0.15) is 52.9 Å². The van der Waals surface area contributed by atoms with Gasteiger partial charge < -0.3 is 10.2 Å². The number of fused-ring (bicyclic) bond motifs is 2. The zero-order valence-electron chi connectivity index (χ0n) is 13.2. The quantitative estimate of drug-likeness (QED) is 0.764. The molecule has 2 rings (SSSR count). The summed E-state index contributed by atoms with van der Waals surface area (Å²) in [5, 5.41) is 3.68. The lowest BCUT2D eigenvalue weighted by Gasteiger charge is -2.49. The molecular formula is C16H33N3. The summed E-state index contributed by atoms with van der Waals surface area (Å²) in [5.41, 5.74) is 0. The lowest BCUT2D eigenvalue weighted by molar-refractivity contribution is 0.0182. The van der Waals surface area contributed by atoms with Crippen LogP contribution in [-0.4, -0.2) is 60.6 Å². The van der Waals surface area contributed by atoms with E-state index in [2.05, 4.69) is 35.9 Å². The van der Waals surface area contributed by atoms with Gasteiger partial charge in [-0.15, -0.1) is 0 Å². The lowest BCUT2D eigenvalue weighted by atomic mass is 9.81. The number of likely N-dealkylation sites (N-methyl/N-ethyl adjacent to an activating group) is 1. The van der Waals surface area contributed by atoms with Crippen LogP contribution in [-0.2, 0) is 0 Å². The maximum atomic E-state index is 3.68. The zero-order valence-corrected chi connectivity index (χ0v) is 13.2. The Balaban J connectivity index is 1.87. The first kappa shape index (κ1) is 15.3. The van der Waals surface area contributed by atoms with E-state index in [1.54, 1.807) is 0 Å². The lowest BCUT2D eigenvalue weighted by Crippen LogP contribution is -2.57. The fourth-order valence-electron chi connectivity index (χ4n) is 4.10. The normalized spacial score (nSPS) is 31.9. The van der Waals surface area contributed by atoms with Gasteiger partial charge in [-0.2, -0.15) is 0 Å². The molecule has 3 nitrogen and oxygen atoms in total. The minimum atomic E-state index is 0.782. The minimum Gasteiger partial charge on any atom is -0.314 e. The average molecular weight is 267 g/mol. The Morgan fingerprint density at radius 1 is 1.05 bits per heavy atom. The Bertz CT molecular complexity index is 238. The van der Waals surface area contributed by atoms with Crippen LogP contribution in [0.15, 0.2) is 0 Å². The molecule has 2 unspecified atom stereocenters. The number of hydrogen-bond acceptors (Lipinski definition) is 3. The van der Waals surface area contributed by atoms with E-state index in [4.69, 9.17) is 0 Å². The zero-order chi connectivity index (χ0) is 13.7. The van der Waals surface area contributed by atoms with E-state index in [0.29, 0.717) is 0 Å². The fraction of sp³-hybridized carbons (Fsp3) is 1.00. The van der Waals surface area contributed by atoms with Gasteiger partial charge in [0.1, 0.15) is 0 Å². The first-order chi connectivity index (χ1) is 9.28. The molecule has 2 saturated heterocycles. The maximum absolute atomic E-state index is 3.68. The molecule has 3 heteroatoms. The van der Waals surface area contributed by atoms with Gasteiger partial charge in [-0.1, -0.05) is 27.2 Å². The van der Waals surface area contributed by atoms with Crippen LogP contribution >= 0.6 is 0 Å². The Kier molecular flexibility index (Phi) is 6.11.